The number of ether oxygens (including phenoxy) is 1. The molecule has 1 atom stereocenters. The Morgan fingerprint density at radius 3 is 2.88 bits per heavy atom. The fraction of sp³-hybridized carbons (Fsp3) is 0.318. The summed E-state index contributed by atoms with van der Waals surface area (Å²) >= 11 is 0. The van der Waals surface area contributed by atoms with Crippen molar-refractivity contribution < 1.29 is 13.9 Å². The second-order valence-electron chi connectivity index (χ2n) is 8.20. The Morgan fingerprint density at radius 2 is 2.12 bits per heavy atom. The minimum Gasteiger partial charge on any atom is -0.378 e. The highest BCUT2D eigenvalue weighted by molar-refractivity contribution is 5.92. The van der Waals surface area contributed by atoms with Crippen LogP contribution in [0.3, 0.4) is 0 Å². The van der Waals surface area contributed by atoms with Crippen LogP contribution in [-0.4, -0.2) is 73.2 Å². The van der Waals surface area contributed by atoms with Crippen LogP contribution < -0.4 is 4.90 Å². The number of nitrogens with one attached hydrogen (secondary N) is 1. The van der Waals surface area contributed by atoms with Crippen LogP contribution >= 0.6 is 0 Å². The summed E-state index contributed by atoms with van der Waals surface area (Å²) in [5.41, 5.74) is 3.17. The summed E-state index contributed by atoms with van der Waals surface area (Å²) < 4.78 is 21.1. The van der Waals surface area contributed by atoms with Gasteiger partial charge in [-0.2, -0.15) is 5.10 Å². The lowest BCUT2D eigenvalue weighted by atomic mass is 10.00. The number of aromatic nitrogens is 6. The highest BCUT2D eigenvalue weighted by Gasteiger charge is 2.35. The number of nitrogens with zero attached hydrogens (tertiary/aromatic N) is 7. The Morgan fingerprint density at radius 1 is 1.24 bits per heavy atom. The molecule has 1 saturated heterocycles. The van der Waals surface area contributed by atoms with Gasteiger partial charge in [0.05, 0.1) is 36.2 Å². The Hall–Kier alpha value is -3.86. The molecule has 33 heavy (non-hydrogen) atoms. The molecule has 6 rings (SSSR count). The van der Waals surface area contributed by atoms with Crippen molar-refractivity contribution in [2.45, 2.75) is 18.6 Å². The SMILES string of the molecule is COC1CN(C(=O)c2cnc(N3CCc4[nH]cnc4[C@H]3c3cc4c(F)cccn4n3)cn2)C1. The number of rotatable bonds is 4. The average molecular weight is 448 g/mol. The van der Waals surface area contributed by atoms with E-state index in [0.717, 1.165) is 17.8 Å². The maximum atomic E-state index is 14.3. The quantitative estimate of drug-likeness (QED) is 0.506. The number of carbonyl (C=O) groups excluding carboxylic acids is 1. The zero-order valence-corrected chi connectivity index (χ0v) is 17.8. The largest absolute Gasteiger partial charge is 0.378 e. The molecule has 0 radical (unpaired) electrons. The van der Waals surface area contributed by atoms with E-state index in [1.54, 1.807) is 42.9 Å². The van der Waals surface area contributed by atoms with Gasteiger partial charge in [0, 0.05) is 45.1 Å². The van der Waals surface area contributed by atoms with E-state index >= 15 is 0 Å². The van der Waals surface area contributed by atoms with Gasteiger partial charge >= 0.3 is 0 Å². The minimum atomic E-state index is -0.368. The Kier molecular flexibility index (Phi) is 4.57. The van der Waals surface area contributed by atoms with Gasteiger partial charge in [-0.05, 0) is 18.2 Å². The maximum Gasteiger partial charge on any atom is 0.274 e. The lowest BCUT2D eigenvalue weighted by Crippen LogP contribution is -2.54. The fourth-order valence-electron chi connectivity index (χ4n) is 4.45. The van der Waals surface area contributed by atoms with Crippen molar-refractivity contribution in [1.29, 1.82) is 0 Å². The van der Waals surface area contributed by atoms with Gasteiger partial charge in [0.25, 0.3) is 5.91 Å². The molecule has 0 bridgehead atoms. The van der Waals surface area contributed by atoms with Gasteiger partial charge in [-0.25, -0.2) is 23.9 Å². The first-order valence-electron chi connectivity index (χ1n) is 10.7. The van der Waals surface area contributed by atoms with Crippen LogP contribution in [0.25, 0.3) is 5.52 Å². The van der Waals surface area contributed by atoms with Crippen LogP contribution in [0.5, 0.6) is 0 Å². The van der Waals surface area contributed by atoms with Gasteiger partial charge in [-0.3, -0.25) is 4.79 Å². The van der Waals surface area contributed by atoms with E-state index in [4.69, 9.17) is 4.74 Å². The van der Waals surface area contributed by atoms with Crippen molar-refractivity contribution >= 4 is 17.2 Å². The molecule has 4 aromatic rings. The number of anilines is 1. The van der Waals surface area contributed by atoms with E-state index in [1.165, 1.54) is 16.8 Å². The van der Waals surface area contributed by atoms with E-state index in [2.05, 4.69) is 25.0 Å². The highest BCUT2D eigenvalue weighted by Crippen LogP contribution is 2.36. The second-order valence-corrected chi connectivity index (χ2v) is 8.20. The van der Waals surface area contributed by atoms with E-state index in [0.29, 0.717) is 36.7 Å². The Balaban J connectivity index is 1.33. The number of imidazole rings is 1. The number of fused-ring (bicyclic) bond motifs is 2. The van der Waals surface area contributed by atoms with Crippen molar-refractivity contribution in [3.63, 3.8) is 0 Å². The molecule has 2 aliphatic rings. The molecule has 1 fully saturated rings. The van der Waals surface area contributed by atoms with Gasteiger partial charge in [0.1, 0.15) is 28.9 Å². The van der Waals surface area contributed by atoms with Crippen molar-refractivity contribution in [3.05, 3.63) is 71.7 Å². The van der Waals surface area contributed by atoms with E-state index in [9.17, 15) is 9.18 Å². The summed E-state index contributed by atoms with van der Waals surface area (Å²) in [5.74, 6) is 0.0919. The van der Waals surface area contributed by atoms with Gasteiger partial charge in [0.15, 0.2) is 0 Å². The topological polar surface area (TPSA) is 105 Å². The summed E-state index contributed by atoms with van der Waals surface area (Å²) in [7, 11) is 1.64. The predicted molar refractivity (Wildman–Crippen MR) is 115 cm³/mol. The molecule has 4 aromatic heterocycles. The fourth-order valence-corrected chi connectivity index (χ4v) is 4.45. The van der Waals surface area contributed by atoms with Crippen LogP contribution in [0.15, 0.2) is 43.1 Å². The summed E-state index contributed by atoms with van der Waals surface area (Å²) in [6.07, 6.45) is 7.28. The lowest BCUT2D eigenvalue weighted by Gasteiger charge is -2.38. The van der Waals surface area contributed by atoms with Gasteiger partial charge in [-0.15, -0.1) is 0 Å². The third-order valence-corrected chi connectivity index (χ3v) is 6.29. The number of carbonyl (C=O) groups is 1. The molecule has 0 unspecified atom stereocenters. The van der Waals surface area contributed by atoms with Gasteiger partial charge in [-0.1, -0.05) is 0 Å². The van der Waals surface area contributed by atoms with Crippen LogP contribution in [-0.2, 0) is 11.2 Å². The molecule has 10 nitrogen and oxygen atoms in total. The van der Waals surface area contributed by atoms with Crippen LogP contribution in [0, 0.1) is 5.82 Å². The molecule has 11 heteroatoms. The normalized spacial score (nSPS) is 18.4. The average Bonchev–Trinajstić information content (AvgIpc) is 3.45. The third kappa shape index (κ3) is 3.23. The molecule has 1 amide bonds. The summed E-state index contributed by atoms with van der Waals surface area (Å²) in [4.78, 5) is 33.0. The first kappa shape index (κ1) is 19.8. The molecule has 0 spiro atoms. The number of hydrogen-bond donors (Lipinski definition) is 1. The van der Waals surface area contributed by atoms with E-state index < -0.39 is 0 Å². The Labute approximate surface area is 188 Å². The number of pyridine rings is 1. The van der Waals surface area contributed by atoms with Crippen molar-refractivity contribution in [3.8, 4) is 0 Å². The summed E-state index contributed by atoms with van der Waals surface area (Å²) in [6.45, 7) is 1.75. The van der Waals surface area contributed by atoms with Gasteiger partial charge in [0.2, 0.25) is 0 Å². The lowest BCUT2D eigenvalue weighted by molar-refractivity contribution is -0.0194. The molecule has 168 valence electrons. The van der Waals surface area contributed by atoms with Crippen LogP contribution in [0.1, 0.15) is 33.6 Å². The zero-order valence-electron chi connectivity index (χ0n) is 17.8. The first-order valence-corrected chi connectivity index (χ1v) is 10.7. The summed E-state index contributed by atoms with van der Waals surface area (Å²) in [5, 5.41) is 4.61. The number of hydrogen-bond acceptors (Lipinski definition) is 7. The first-order chi connectivity index (χ1) is 16.1. The van der Waals surface area contributed by atoms with Crippen molar-refractivity contribution in [1.82, 2.24) is 34.4 Å². The van der Waals surface area contributed by atoms with Crippen LogP contribution in [0.2, 0.25) is 0 Å². The smallest absolute Gasteiger partial charge is 0.274 e. The van der Waals surface area contributed by atoms with Crippen molar-refractivity contribution in [2.24, 2.45) is 0 Å². The maximum absolute atomic E-state index is 14.3. The number of amides is 1. The monoisotopic (exact) mass is 448 g/mol. The van der Waals surface area contributed by atoms with E-state index in [1.807, 2.05) is 4.90 Å². The second kappa shape index (κ2) is 7.62. The number of H-pyrrole nitrogens is 1. The number of methoxy groups -OCH3 is 1. The molecular weight excluding hydrogens is 427 g/mol. The number of likely N-dealkylation sites (tertiary alicyclic amines) is 1. The minimum absolute atomic E-state index is 0.0774. The molecule has 2 aliphatic heterocycles. The molecule has 0 saturated carbocycles. The highest BCUT2D eigenvalue weighted by atomic mass is 19.1. The van der Waals surface area contributed by atoms with Crippen molar-refractivity contribution in [2.75, 3.05) is 31.6 Å². The molecule has 6 heterocycles. The molecule has 0 aliphatic carbocycles. The van der Waals surface area contributed by atoms with E-state index in [-0.39, 0.29) is 29.6 Å². The van der Waals surface area contributed by atoms with Crippen LogP contribution in [0.4, 0.5) is 10.2 Å². The Bertz CT molecular complexity index is 1330. The third-order valence-electron chi connectivity index (χ3n) is 6.29. The number of aromatic amines is 1. The summed E-state index contributed by atoms with van der Waals surface area (Å²) in [6, 6.07) is 4.39. The number of halogens is 1. The molecule has 0 aromatic carbocycles. The zero-order chi connectivity index (χ0) is 22.5. The molecular formula is C22H21FN8O2. The molecule has 1 N–H and O–H groups in total. The predicted octanol–water partition coefficient (Wildman–Crippen LogP) is 1.61. The standard InChI is InChI=1S/C22H21FN8O2/c1-33-13-10-29(11-13)22(32)17-8-25-19(9-24-17)30-6-4-15-20(27-12-26-15)21(30)16-7-18-14(23)3-2-5-31(18)28-16/h2-3,5,7-9,12-13,21H,4,6,10-11H2,1H3,(H,26,27)/t21-/m1/s1. The van der Waals surface area contributed by atoms with Gasteiger partial charge < -0.3 is 19.5 Å².